The molecule has 1 N–H and O–H groups in total. The number of sulfonamides is 1. The molecule has 7 nitrogen and oxygen atoms in total. The molecule has 0 aliphatic heterocycles. The minimum atomic E-state index is -4.37. The average molecular weight is 622 g/mol. The van der Waals surface area contributed by atoms with E-state index in [9.17, 15) is 18.0 Å². The molecule has 0 saturated heterocycles. The zero-order valence-electron chi connectivity index (χ0n) is 23.7. The SMILES string of the molecule is CCCNC(=O)[C@@H](Cc1ccccc1)N(Cc1ccc(Cl)cc1)C(=O)CN(c1ccccc1F)S(=O)(=O)c1ccccc1. The molecule has 0 spiro atoms. The van der Waals surface area contributed by atoms with Crippen LogP contribution in [0.25, 0.3) is 0 Å². The first kappa shape index (κ1) is 31.7. The molecule has 0 aliphatic carbocycles. The molecular formula is C33H33ClFN3O4S. The Balaban J connectivity index is 1.79. The van der Waals surface area contributed by atoms with Crippen LogP contribution in [-0.2, 0) is 32.6 Å². The lowest BCUT2D eigenvalue weighted by atomic mass is 10.0. The highest BCUT2D eigenvalue weighted by molar-refractivity contribution is 7.92. The van der Waals surface area contributed by atoms with Gasteiger partial charge in [-0.15, -0.1) is 0 Å². The molecule has 0 aliphatic rings. The van der Waals surface area contributed by atoms with E-state index in [0.29, 0.717) is 23.6 Å². The predicted octanol–water partition coefficient (Wildman–Crippen LogP) is 5.84. The van der Waals surface area contributed by atoms with Crippen molar-refractivity contribution in [2.45, 2.75) is 37.2 Å². The number of carbonyl (C=O) groups is 2. The first-order valence-corrected chi connectivity index (χ1v) is 15.7. The van der Waals surface area contributed by atoms with E-state index in [-0.39, 0.29) is 29.5 Å². The van der Waals surface area contributed by atoms with Crippen molar-refractivity contribution in [1.29, 1.82) is 0 Å². The van der Waals surface area contributed by atoms with Crippen molar-refractivity contribution in [2.24, 2.45) is 0 Å². The summed E-state index contributed by atoms with van der Waals surface area (Å²) >= 11 is 6.09. The highest BCUT2D eigenvalue weighted by Crippen LogP contribution is 2.27. The topological polar surface area (TPSA) is 86.8 Å². The Kier molecular flexibility index (Phi) is 10.9. The van der Waals surface area contributed by atoms with Crippen molar-refractivity contribution in [3.05, 3.63) is 131 Å². The number of hydrogen-bond acceptors (Lipinski definition) is 4. The van der Waals surface area contributed by atoms with E-state index in [4.69, 9.17) is 11.6 Å². The van der Waals surface area contributed by atoms with Gasteiger partial charge in [0, 0.05) is 24.5 Å². The van der Waals surface area contributed by atoms with Crippen LogP contribution >= 0.6 is 11.6 Å². The molecule has 4 rings (SSSR count). The lowest BCUT2D eigenvalue weighted by Gasteiger charge is -2.34. The number of carbonyl (C=O) groups excluding carboxylic acids is 2. The molecule has 2 amide bonds. The zero-order chi connectivity index (χ0) is 30.8. The number of amides is 2. The Bertz CT molecular complexity index is 1620. The van der Waals surface area contributed by atoms with Gasteiger partial charge < -0.3 is 10.2 Å². The van der Waals surface area contributed by atoms with Crippen LogP contribution in [0.4, 0.5) is 10.1 Å². The van der Waals surface area contributed by atoms with Crippen molar-refractivity contribution in [3.8, 4) is 0 Å². The number of hydrogen-bond donors (Lipinski definition) is 1. The van der Waals surface area contributed by atoms with E-state index >= 15 is 4.39 Å². The molecule has 0 unspecified atom stereocenters. The van der Waals surface area contributed by atoms with E-state index < -0.39 is 34.3 Å². The summed E-state index contributed by atoms with van der Waals surface area (Å²) in [5, 5.41) is 3.39. The quantitative estimate of drug-likeness (QED) is 0.203. The molecule has 0 bridgehead atoms. The summed E-state index contributed by atoms with van der Waals surface area (Å²) in [5.41, 5.74) is 1.22. The summed E-state index contributed by atoms with van der Waals surface area (Å²) in [4.78, 5) is 29.2. The molecule has 4 aromatic rings. The molecule has 43 heavy (non-hydrogen) atoms. The van der Waals surface area contributed by atoms with Gasteiger partial charge in [0.1, 0.15) is 18.4 Å². The molecule has 0 fully saturated rings. The van der Waals surface area contributed by atoms with Crippen LogP contribution in [0.2, 0.25) is 5.02 Å². The Morgan fingerprint density at radius 2 is 1.44 bits per heavy atom. The van der Waals surface area contributed by atoms with Crippen LogP contribution in [0.3, 0.4) is 0 Å². The predicted molar refractivity (Wildman–Crippen MR) is 167 cm³/mol. The molecular weight excluding hydrogens is 589 g/mol. The van der Waals surface area contributed by atoms with Gasteiger partial charge in [-0.2, -0.15) is 0 Å². The first-order chi connectivity index (χ1) is 20.7. The third-order valence-corrected chi connectivity index (χ3v) is 8.84. The van der Waals surface area contributed by atoms with Crippen molar-refractivity contribution in [3.63, 3.8) is 0 Å². The monoisotopic (exact) mass is 621 g/mol. The summed E-state index contributed by atoms with van der Waals surface area (Å²) in [6.45, 7) is 1.57. The van der Waals surface area contributed by atoms with Crippen LogP contribution in [0.15, 0.2) is 114 Å². The summed E-state index contributed by atoms with van der Waals surface area (Å²) in [5.74, 6) is -1.86. The van der Waals surface area contributed by atoms with Gasteiger partial charge in [0.15, 0.2) is 0 Å². The number of halogens is 2. The summed E-state index contributed by atoms with van der Waals surface area (Å²) in [6.07, 6.45) is 0.867. The molecule has 0 saturated carbocycles. The van der Waals surface area contributed by atoms with Gasteiger partial charge in [0.25, 0.3) is 10.0 Å². The van der Waals surface area contributed by atoms with E-state index in [0.717, 1.165) is 15.9 Å². The zero-order valence-corrected chi connectivity index (χ0v) is 25.3. The van der Waals surface area contributed by atoms with Crippen molar-refractivity contribution < 1.29 is 22.4 Å². The fraction of sp³-hybridized carbons (Fsp3) is 0.212. The second kappa shape index (κ2) is 14.8. The largest absolute Gasteiger partial charge is 0.354 e. The van der Waals surface area contributed by atoms with Gasteiger partial charge in [-0.3, -0.25) is 13.9 Å². The highest BCUT2D eigenvalue weighted by Gasteiger charge is 2.35. The maximum atomic E-state index is 15.1. The van der Waals surface area contributed by atoms with E-state index in [1.165, 1.54) is 35.2 Å². The second-order valence-electron chi connectivity index (χ2n) is 9.92. The second-order valence-corrected chi connectivity index (χ2v) is 12.2. The normalized spacial score (nSPS) is 11.9. The van der Waals surface area contributed by atoms with Crippen molar-refractivity contribution in [1.82, 2.24) is 10.2 Å². The summed E-state index contributed by atoms with van der Waals surface area (Å²) in [6, 6.07) is 28.0. The fourth-order valence-corrected chi connectivity index (χ4v) is 6.16. The first-order valence-electron chi connectivity index (χ1n) is 13.9. The average Bonchev–Trinajstić information content (AvgIpc) is 3.02. The van der Waals surface area contributed by atoms with Gasteiger partial charge in [0.2, 0.25) is 11.8 Å². The minimum Gasteiger partial charge on any atom is -0.354 e. The summed E-state index contributed by atoms with van der Waals surface area (Å²) < 4.78 is 43.6. The minimum absolute atomic E-state index is 0.0104. The number of nitrogens with one attached hydrogen (secondary N) is 1. The van der Waals surface area contributed by atoms with E-state index in [2.05, 4.69) is 5.32 Å². The number of nitrogens with zero attached hydrogens (tertiary/aromatic N) is 2. The van der Waals surface area contributed by atoms with Crippen molar-refractivity contribution in [2.75, 3.05) is 17.4 Å². The Morgan fingerprint density at radius 3 is 2.07 bits per heavy atom. The molecule has 1 atom stereocenters. The van der Waals surface area contributed by atoms with Crippen molar-refractivity contribution >= 4 is 39.1 Å². The highest BCUT2D eigenvalue weighted by atomic mass is 35.5. The number of rotatable bonds is 13. The molecule has 4 aromatic carbocycles. The van der Waals surface area contributed by atoms with Gasteiger partial charge >= 0.3 is 0 Å². The Morgan fingerprint density at radius 1 is 0.837 bits per heavy atom. The lowest BCUT2D eigenvalue weighted by Crippen LogP contribution is -2.53. The molecule has 0 heterocycles. The molecule has 10 heteroatoms. The molecule has 0 aromatic heterocycles. The molecule has 224 valence electrons. The Hall–Kier alpha value is -4.21. The van der Waals surface area contributed by atoms with E-state index in [1.807, 2.05) is 37.3 Å². The number of benzene rings is 4. The van der Waals surface area contributed by atoms with Crippen LogP contribution in [0.5, 0.6) is 0 Å². The van der Waals surface area contributed by atoms with Crippen LogP contribution in [0.1, 0.15) is 24.5 Å². The standard InChI is InChI=1S/C33H33ClFN3O4S/c1-2-21-36-33(40)31(22-25-11-5-3-6-12-25)37(23-26-17-19-27(34)20-18-26)32(39)24-38(30-16-10-9-15-29(30)35)43(41,42)28-13-7-4-8-14-28/h3-20,31H,2,21-24H2,1H3,(H,36,40)/t31-/m1/s1. The van der Waals surface area contributed by atoms with Crippen LogP contribution in [0, 0.1) is 5.82 Å². The van der Waals surface area contributed by atoms with Gasteiger partial charge in [-0.25, -0.2) is 12.8 Å². The maximum absolute atomic E-state index is 15.1. The van der Waals surface area contributed by atoms with Crippen LogP contribution < -0.4 is 9.62 Å². The third kappa shape index (κ3) is 8.21. The number of anilines is 1. The fourth-order valence-electron chi connectivity index (χ4n) is 4.59. The smallest absolute Gasteiger partial charge is 0.264 e. The van der Waals surface area contributed by atoms with Gasteiger partial charge in [-0.1, -0.05) is 91.3 Å². The van der Waals surface area contributed by atoms with Gasteiger partial charge in [0.05, 0.1) is 10.6 Å². The number of para-hydroxylation sites is 1. The maximum Gasteiger partial charge on any atom is 0.264 e. The summed E-state index contributed by atoms with van der Waals surface area (Å²) in [7, 11) is -4.37. The third-order valence-electron chi connectivity index (χ3n) is 6.82. The van der Waals surface area contributed by atoms with Gasteiger partial charge in [-0.05, 0) is 53.9 Å². The lowest BCUT2D eigenvalue weighted by molar-refractivity contribution is -0.140. The van der Waals surface area contributed by atoms with E-state index in [1.54, 1.807) is 42.5 Å². The van der Waals surface area contributed by atoms with Crippen LogP contribution in [-0.4, -0.2) is 44.3 Å². The Labute approximate surface area is 257 Å². The molecule has 0 radical (unpaired) electrons.